The number of rotatable bonds is 13. The van der Waals surface area contributed by atoms with E-state index < -0.39 is 5.97 Å². The number of aliphatic carboxylic acids is 1. The number of ether oxygens (including phenoxy) is 2. The first-order valence-corrected chi connectivity index (χ1v) is 8.12. The zero-order valence-corrected chi connectivity index (χ0v) is 14.0. The van der Waals surface area contributed by atoms with E-state index in [0.29, 0.717) is 19.6 Å². The minimum absolute atomic E-state index is 0.333. The molecule has 1 N–H and O–H groups in total. The van der Waals surface area contributed by atoms with Gasteiger partial charge in [-0.3, -0.25) is 4.79 Å². The van der Waals surface area contributed by atoms with Gasteiger partial charge in [0.05, 0.1) is 13.2 Å². The van der Waals surface area contributed by atoms with Gasteiger partial charge in [-0.2, -0.15) is 12.6 Å². The van der Waals surface area contributed by atoms with E-state index >= 15 is 0 Å². The molecule has 0 spiro atoms. The number of carboxylic acid groups (broad SMARTS) is 1. The summed E-state index contributed by atoms with van der Waals surface area (Å²) in [4.78, 5) is 10.2. The third-order valence-electron chi connectivity index (χ3n) is 2.79. The third kappa shape index (κ3) is 26.3. The second-order valence-electron chi connectivity index (χ2n) is 4.68. The van der Waals surface area contributed by atoms with Gasteiger partial charge in [-0.15, -0.1) is 0 Å². The molecule has 0 saturated heterocycles. The second kappa shape index (κ2) is 21.0. The van der Waals surface area contributed by atoms with Crippen molar-refractivity contribution in [2.24, 2.45) is 0 Å². The SMILES string of the molecule is COCCOC.O=C(O)CCCCCCCCCCS. The van der Waals surface area contributed by atoms with Gasteiger partial charge in [-0.25, -0.2) is 0 Å². The minimum atomic E-state index is -0.668. The number of hydrogen-bond acceptors (Lipinski definition) is 4. The molecule has 0 heterocycles. The van der Waals surface area contributed by atoms with Crippen LogP contribution in [0.4, 0.5) is 0 Å². The molecule has 0 atom stereocenters. The van der Waals surface area contributed by atoms with Crippen LogP contribution in [0.25, 0.3) is 0 Å². The Kier molecular flexibility index (Phi) is 23.2. The van der Waals surface area contributed by atoms with Crippen LogP contribution < -0.4 is 0 Å². The molecule has 0 amide bonds. The minimum Gasteiger partial charge on any atom is -0.481 e. The van der Waals surface area contributed by atoms with Crippen molar-refractivity contribution in [2.45, 2.75) is 57.8 Å². The molecule has 0 rings (SSSR count). The van der Waals surface area contributed by atoms with Crippen molar-refractivity contribution in [3.05, 3.63) is 0 Å². The van der Waals surface area contributed by atoms with Gasteiger partial charge in [-0.1, -0.05) is 38.5 Å². The van der Waals surface area contributed by atoms with E-state index in [1.807, 2.05) is 0 Å². The van der Waals surface area contributed by atoms with Crippen LogP contribution >= 0.6 is 12.6 Å². The summed E-state index contributed by atoms with van der Waals surface area (Å²) in [5.74, 6) is 0.331. The summed E-state index contributed by atoms with van der Waals surface area (Å²) in [6, 6.07) is 0. The van der Waals surface area contributed by atoms with E-state index in [1.165, 1.54) is 38.5 Å². The van der Waals surface area contributed by atoms with Crippen molar-refractivity contribution in [3.8, 4) is 0 Å². The molecular formula is C15H32O4S. The molecular weight excluding hydrogens is 276 g/mol. The van der Waals surface area contributed by atoms with Crippen molar-refractivity contribution in [1.82, 2.24) is 0 Å². The Morgan fingerprint density at radius 2 is 1.25 bits per heavy atom. The topological polar surface area (TPSA) is 55.8 Å². The Hall–Kier alpha value is -0.260. The van der Waals surface area contributed by atoms with Gasteiger partial charge in [0.15, 0.2) is 0 Å². The Labute approximate surface area is 129 Å². The van der Waals surface area contributed by atoms with Gasteiger partial charge in [0.1, 0.15) is 0 Å². The molecule has 0 saturated carbocycles. The lowest BCUT2D eigenvalue weighted by Gasteiger charge is -2.00. The average molecular weight is 308 g/mol. The number of unbranched alkanes of at least 4 members (excludes halogenated alkanes) is 7. The molecule has 0 fully saturated rings. The first-order chi connectivity index (χ1) is 9.68. The number of methoxy groups -OCH3 is 2. The van der Waals surface area contributed by atoms with Crippen molar-refractivity contribution < 1.29 is 19.4 Å². The fraction of sp³-hybridized carbons (Fsp3) is 0.933. The van der Waals surface area contributed by atoms with Crippen LogP contribution in [-0.2, 0) is 14.3 Å². The highest BCUT2D eigenvalue weighted by Gasteiger charge is 1.96. The molecule has 0 aromatic heterocycles. The highest BCUT2D eigenvalue weighted by Crippen LogP contribution is 2.09. The summed E-state index contributed by atoms with van der Waals surface area (Å²) in [5, 5.41) is 8.41. The van der Waals surface area contributed by atoms with Crippen LogP contribution in [0.1, 0.15) is 57.8 Å². The van der Waals surface area contributed by atoms with Crippen LogP contribution in [0, 0.1) is 0 Å². The maximum atomic E-state index is 10.2. The van der Waals surface area contributed by atoms with Crippen molar-refractivity contribution >= 4 is 18.6 Å². The molecule has 4 nitrogen and oxygen atoms in total. The summed E-state index contributed by atoms with van der Waals surface area (Å²) in [5.41, 5.74) is 0. The predicted molar refractivity (Wildman–Crippen MR) is 86.8 cm³/mol. The van der Waals surface area contributed by atoms with Gasteiger partial charge in [0.25, 0.3) is 0 Å². The van der Waals surface area contributed by atoms with E-state index in [0.717, 1.165) is 18.6 Å². The zero-order chi connectivity index (χ0) is 15.5. The van der Waals surface area contributed by atoms with Gasteiger partial charge in [0, 0.05) is 20.6 Å². The maximum Gasteiger partial charge on any atom is 0.303 e. The quantitative estimate of drug-likeness (QED) is 0.401. The van der Waals surface area contributed by atoms with Gasteiger partial charge in [-0.05, 0) is 18.6 Å². The van der Waals surface area contributed by atoms with Crippen LogP contribution in [0.15, 0.2) is 0 Å². The van der Waals surface area contributed by atoms with Gasteiger partial charge < -0.3 is 14.6 Å². The van der Waals surface area contributed by atoms with E-state index in [-0.39, 0.29) is 0 Å². The predicted octanol–water partition coefficient (Wildman–Crippen LogP) is 3.79. The Morgan fingerprint density at radius 3 is 1.60 bits per heavy atom. The highest BCUT2D eigenvalue weighted by atomic mass is 32.1. The molecule has 5 heteroatoms. The Bertz CT molecular complexity index is 185. The van der Waals surface area contributed by atoms with Crippen LogP contribution in [-0.4, -0.2) is 44.3 Å². The molecule has 0 radical (unpaired) electrons. The molecule has 0 aliphatic heterocycles. The normalized spacial score (nSPS) is 9.95. The van der Waals surface area contributed by atoms with E-state index in [2.05, 4.69) is 22.1 Å². The van der Waals surface area contributed by atoms with E-state index in [1.54, 1.807) is 14.2 Å². The first-order valence-electron chi connectivity index (χ1n) is 7.49. The molecule has 0 unspecified atom stereocenters. The Morgan fingerprint density at radius 1 is 0.850 bits per heavy atom. The summed E-state index contributed by atoms with van der Waals surface area (Å²) in [6.07, 6.45) is 9.80. The largest absolute Gasteiger partial charge is 0.481 e. The smallest absolute Gasteiger partial charge is 0.303 e. The van der Waals surface area contributed by atoms with Gasteiger partial charge in [0.2, 0.25) is 0 Å². The summed E-state index contributed by atoms with van der Waals surface area (Å²) in [7, 11) is 3.30. The summed E-state index contributed by atoms with van der Waals surface area (Å²) < 4.78 is 9.31. The summed E-state index contributed by atoms with van der Waals surface area (Å²) in [6.45, 7) is 1.38. The van der Waals surface area contributed by atoms with E-state index in [9.17, 15) is 4.79 Å². The number of hydrogen-bond donors (Lipinski definition) is 2. The van der Waals surface area contributed by atoms with Crippen molar-refractivity contribution in [2.75, 3.05) is 33.2 Å². The van der Waals surface area contributed by atoms with Crippen molar-refractivity contribution in [3.63, 3.8) is 0 Å². The van der Waals surface area contributed by atoms with Crippen LogP contribution in [0.2, 0.25) is 0 Å². The molecule has 0 aromatic carbocycles. The lowest BCUT2D eigenvalue weighted by molar-refractivity contribution is -0.137. The average Bonchev–Trinajstić information content (AvgIpc) is 2.43. The van der Waals surface area contributed by atoms with E-state index in [4.69, 9.17) is 5.11 Å². The zero-order valence-electron chi connectivity index (χ0n) is 13.1. The fourth-order valence-corrected chi connectivity index (χ4v) is 1.84. The molecule has 0 bridgehead atoms. The molecule has 0 aromatic rings. The number of carboxylic acids is 1. The number of carbonyl (C=O) groups is 1. The Balaban J connectivity index is 0. The molecule has 122 valence electrons. The third-order valence-corrected chi connectivity index (χ3v) is 3.11. The maximum absolute atomic E-state index is 10.2. The fourth-order valence-electron chi connectivity index (χ4n) is 1.62. The molecule has 20 heavy (non-hydrogen) atoms. The van der Waals surface area contributed by atoms with Gasteiger partial charge >= 0.3 is 5.97 Å². The lowest BCUT2D eigenvalue weighted by atomic mass is 10.1. The van der Waals surface area contributed by atoms with Crippen LogP contribution in [0.5, 0.6) is 0 Å². The number of thiol groups is 1. The van der Waals surface area contributed by atoms with Crippen molar-refractivity contribution in [1.29, 1.82) is 0 Å². The van der Waals surface area contributed by atoms with Crippen LogP contribution in [0.3, 0.4) is 0 Å². The summed E-state index contributed by atoms with van der Waals surface area (Å²) >= 11 is 4.16. The monoisotopic (exact) mass is 308 g/mol. The molecule has 0 aliphatic rings. The lowest BCUT2D eigenvalue weighted by Crippen LogP contribution is -1.96. The molecule has 0 aliphatic carbocycles. The first kappa shape index (κ1) is 22.0. The standard InChI is InChI=1S/C11H22O2S.C4H10O2/c12-11(13)9-7-5-3-1-2-4-6-8-10-14;1-5-3-4-6-2/h14H,1-10H2,(H,12,13);3-4H2,1-2H3. The highest BCUT2D eigenvalue weighted by molar-refractivity contribution is 7.80. The second-order valence-corrected chi connectivity index (χ2v) is 5.13.